The van der Waals surface area contributed by atoms with Gasteiger partial charge in [0.15, 0.2) is 15.6 Å². The summed E-state index contributed by atoms with van der Waals surface area (Å²) in [5, 5.41) is 12.4. The number of aromatic hydroxyl groups is 1. The summed E-state index contributed by atoms with van der Waals surface area (Å²) in [7, 11) is -3.47. The Labute approximate surface area is 168 Å². The highest BCUT2D eigenvalue weighted by Crippen LogP contribution is 2.27. The van der Waals surface area contributed by atoms with Crippen LogP contribution in [0.1, 0.15) is 28.8 Å². The van der Waals surface area contributed by atoms with E-state index < -0.39 is 15.7 Å². The van der Waals surface area contributed by atoms with Crippen molar-refractivity contribution in [3.8, 4) is 11.5 Å². The molecule has 0 bridgehead atoms. The number of nitrogens with one attached hydrogen (secondary N) is 1. The van der Waals surface area contributed by atoms with Crippen LogP contribution in [-0.2, 0) is 16.4 Å². The Hall–Kier alpha value is -3.26. The highest BCUT2D eigenvalue weighted by Gasteiger charge is 2.17. The molecule has 0 saturated heterocycles. The van der Waals surface area contributed by atoms with Gasteiger partial charge in [0.25, 0.3) is 5.91 Å². The first kappa shape index (κ1) is 20.5. The predicted molar refractivity (Wildman–Crippen MR) is 108 cm³/mol. The number of anilines is 1. The van der Waals surface area contributed by atoms with Crippen molar-refractivity contribution in [3.05, 3.63) is 71.7 Å². The lowest BCUT2D eigenvalue weighted by Gasteiger charge is -2.09. The molecule has 3 aromatic rings. The monoisotopic (exact) mass is 415 g/mol. The summed E-state index contributed by atoms with van der Waals surface area (Å²) in [6, 6.07) is 14.4. The number of sulfone groups is 1. The highest BCUT2D eigenvalue weighted by atomic mass is 32.2. The number of carbonyl (C=O) groups excluding carboxylic acids is 1. The molecule has 0 saturated carbocycles. The lowest BCUT2D eigenvalue weighted by molar-refractivity contribution is 0.0992. The summed E-state index contributed by atoms with van der Waals surface area (Å²) in [5.41, 5.74) is 1.05. The van der Waals surface area contributed by atoms with Gasteiger partial charge in [-0.15, -0.1) is 0 Å². The maximum Gasteiger partial charge on any atom is 0.291 e. The molecule has 1 aromatic heterocycles. The molecule has 0 unspecified atom stereocenters. The van der Waals surface area contributed by atoms with Crippen LogP contribution in [0.4, 0.5) is 5.69 Å². The van der Waals surface area contributed by atoms with E-state index in [-0.39, 0.29) is 34.5 Å². The molecule has 1 heterocycles. The Balaban J connectivity index is 1.70. The van der Waals surface area contributed by atoms with Crippen molar-refractivity contribution in [2.24, 2.45) is 0 Å². The second-order valence-electron chi connectivity index (χ2n) is 6.41. The molecule has 0 aliphatic carbocycles. The number of aryl methyl sites for hydroxylation is 1. The van der Waals surface area contributed by atoms with Crippen molar-refractivity contribution in [3.63, 3.8) is 0 Å². The maximum absolute atomic E-state index is 12.4. The fraction of sp³-hybridized carbons (Fsp3) is 0.190. The molecule has 0 radical (unpaired) electrons. The molecule has 0 spiro atoms. The number of furan rings is 1. The first-order valence-corrected chi connectivity index (χ1v) is 10.6. The number of carbonyl (C=O) groups is 1. The Kier molecular flexibility index (Phi) is 5.93. The van der Waals surface area contributed by atoms with Gasteiger partial charge < -0.3 is 19.6 Å². The number of hydrogen-bond acceptors (Lipinski definition) is 6. The Morgan fingerprint density at radius 2 is 1.93 bits per heavy atom. The first-order chi connectivity index (χ1) is 13.8. The van der Waals surface area contributed by atoms with E-state index >= 15 is 0 Å². The van der Waals surface area contributed by atoms with E-state index in [4.69, 9.17) is 9.15 Å². The smallest absolute Gasteiger partial charge is 0.291 e. The molecule has 1 amide bonds. The van der Waals surface area contributed by atoms with Gasteiger partial charge in [0, 0.05) is 0 Å². The zero-order valence-corrected chi connectivity index (χ0v) is 16.8. The van der Waals surface area contributed by atoms with Crippen molar-refractivity contribution < 1.29 is 27.5 Å². The van der Waals surface area contributed by atoms with Crippen LogP contribution in [0.25, 0.3) is 0 Å². The quantitative estimate of drug-likeness (QED) is 0.567. The number of phenolic OH excluding ortho intramolecular Hbond substituents is 1. The van der Waals surface area contributed by atoms with Gasteiger partial charge in [-0.1, -0.05) is 19.1 Å². The topological polar surface area (TPSA) is 106 Å². The summed E-state index contributed by atoms with van der Waals surface area (Å²) in [6.45, 7) is 3.62. The largest absolute Gasteiger partial charge is 0.506 e. The molecular weight excluding hydrogens is 394 g/mol. The van der Waals surface area contributed by atoms with Crippen LogP contribution in [0.2, 0.25) is 0 Å². The predicted octanol–water partition coefficient (Wildman–Crippen LogP) is 3.92. The molecule has 2 N–H and O–H groups in total. The van der Waals surface area contributed by atoms with Gasteiger partial charge >= 0.3 is 0 Å². The molecule has 0 aliphatic heterocycles. The Morgan fingerprint density at radius 3 is 2.66 bits per heavy atom. The number of phenols is 1. The standard InChI is InChI=1S/C21H21NO6S/c1-3-29(25,26)17-8-9-19(23)18(12-17)22-21(24)20-10-7-16(28-20)13-27-15-6-4-5-14(2)11-15/h4-12,23H,3,13H2,1-2H3,(H,22,24). The van der Waals surface area contributed by atoms with Crippen LogP contribution in [0, 0.1) is 6.92 Å². The number of hydrogen-bond donors (Lipinski definition) is 2. The fourth-order valence-electron chi connectivity index (χ4n) is 2.60. The molecule has 2 aromatic carbocycles. The summed E-state index contributed by atoms with van der Waals surface area (Å²) in [5.74, 6) is 0.190. The van der Waals surface area contributed by atoms with E-state index in [0.29, 0.717) is 11.5 Å². The lowest BCUT2D eigenvalue weighted by atomic mass is 10.2. The van der Waals surface area contributed by atoms with E-state index in [1.807, 2.05) is 31.2 Å². The van der Waals surface area contributed by atoms with Crippen LogP contribution in [0.15, 0.2) is 63.9 Å². The molecule has 8 heteroatoms. The summed E-state index contributed by atoms with van der Waals surface area (Å²) >= 11 is 0. The number of rotatable bonds is 7. The minimum absolute atomic E-state index is 0.0102. The maximum atomic E-state index is 12.4. The van der Waals surface area contributed by atoms with Gasteiger partial charge in [0.2, 0.25) is 0 Å². The van der Waals surface area contributed by atoms with Crippen LogP contribution in [0.3, 0.4) is 0 Å². The number of benzene rings is 2. The molecule has 0 aliphatic rings. The van der Waals surface area contributed by atoms with Crippen molar-refractivity contribution in [2.45, 2.75) is 25.3 Å². The van der Waals surface area contributed by atoms with E-state index in [9.17, 15) is 18.3 Å². The van der Waals surface area contributed by atoms with Gasteiger partial charge in [0.05, 0.1) is 16.3 Å². The third-order valence-corrected chi connectivity index (χ3v) is 5.94. The van der Waals surface area contributed by atoms with E-state index in [2.05, 4.69) is 5.32 Å². The summed E-state index contributed by atoms with van der Waals surface area (Å²) in [6.07, 6.45) is 0. The van der Waals surface area contributed by atoms with Gasteiger partial charge in [-0.05, 0) is 55.0 Å². The zero-order chi connectivity index (χ0) is 21.0. The molecule has 0 fully saturated rings. The normalized spacial score (nSPS) is 11.2. The Morgan fingerprint density at radius 1 is 1.14 bits per heavy atom. The van der Waals surface area contributed by atoms with E-state index in [0.717, 1.165) is 5.56 Å². The first-order valence-electron chi connectivity index (χ1n) is 8.94. The average molecular weight is 415 g/mol. The average Bonchev–Trinajstić information content (AvgIpc) is 3.17. The van der Waals surface area contributed by atoms with Gasteiger partial charge in [-0.25, -0.2) is 8.42 Å². The molecule has 152 valence electrons. The van der Waals surface area contributed by atoms with Crippen LogP contribution >= 0.6 is 0 Å². The number of ether oxygens (including phenoxy) is 1. The lowest BCUT2D eigenvalue weighted by Crippen LogP contribution is -2.12. The summed E-state index contributed by atoms with van der Waals surface area (Å²) in [4.78, 5) is 12.4. The molecule has 3 rings (SSSR count). The van der Waals surface area contributed by atoms with Crippen LogP contribution in [-0.4, -0.2) is 25.2 Å². The minimum atomic E-state index is -3.47. The van der Waals surface area contributed by atoms with Gasteiger partial charge in [-0.3, -0.25) is 4.79 Å². The zero-order valence-electron chi connectivity index (χ0n) is 16.0. The van der Waals surface area contributed by atoms with E-state index in [1.54, 1.807) is 6.07 Å². The second-order valence-corrected chi connectivity index (χ2v) is 8.69. The van der Waals surface area contributed by atoms with Crippen molar-refractivity contribution in [1.29, 1.82) is 0 Å². The molecular formula is C21H21NO6S. The molecule has 29 heavy (non-hydrogen) atoms. The van der Waals surface area contributed by atoms with Crippen molar-refractivity contribution in [1.82, 2.24) is 0 Å². The summed E-state index contributed by atoms with van der Waals surface area (Å²) < 4.78 is 35.1. The number of amides is 1. The van der Waals surface area contributed by atoms with Crippen LogP contribution < -0.4 is 10.1 Å². The second kappa shape index (κ2) is 8.40. The fourth-order valence-corrected chi connectivity index (χ4v) is 3.50. The minimum Gasteiger partial charge on any atom is -0.506 e. The van der Waals surface area contributed by atoms with Crippen molar-refractivity contribution >= 4 is 21.4 Å². The van der Waals surface area contributed by atoms with Gasteiger partial charge in [-0.2, -0.15) is 0 Å². The third-order valence-electron chi connectivity index (χ3n) is 4.21. The van der Waals surface area contributed by atoms with E-state index in [1.165, 1.54) is 31.2 Å². The van der Waals surface area contributed by atoms with Crippen LogP contribution in [0.5, 0.6) is 11.5 Å². The highest BCUT2D eigenvalue weighted by molar-refractivity contribution is 7.91. The molecule has 0 atom stereocenters. The Bertz CT molecular complexity index is 1130. The molecule has 7 nitrogen and oxygen atoms in total. The third kappa shape index (κ3) is 4.97. The SMILES string of the molecule is CCS(=O)(=O)c1ccc(O)c(NC(=O)c2ccc(COc3cccc(C)c3)o2)c1. The van der Waals surface area contributed by atoms with Gasteiger partial charge in [0.1, 0.15) is 23.9 Å². The van der Waals surface area contributed by atoms with Crippen molar-refractivity contribution in [2.75, 3.05) is 11.1 Å².